The lowest BCUT2D eigenvalue weighted by Crippen LogP contribution is -2.58. The number of carbonyl (C=O) groups is 1. The molecule has 3 atom stereocenters. The largest absolute Gasteiger partial charge is 0.465 e. The van der Waals surface area contributed by atoms with Gasteiger partial charge in [0.1, 0.15) is 6.04 Å². The lowest BCUT2D eigenvalue weighted by atomic mass is 10.1. The molecule has 2 aliphatic heterocycles. The van der Waals surface area contributed by atoms with Crippen LogP contribution >= 0.6 is 11.8 Å². The van der Waals surface area contributed by atoms with Crippen LogP contribution in [-0.4, -0.2) is 60.2 Å². The van der Waals surface area contributed by atoms with Crippen molar-refractivity contribution in [2.75, 3.05) is 32.0 Å². The van der Waals surface area contributed by atoms with E-state index < -0.39 is 0 Å². The Morgan fingerprint density at radius 2 is 2.41 bits per heavy atom. The molecule has 0 saturated carbocycles. The molecular weight excluding hydrogens is 236 g/mol. The first-order valence-corrected chi connectivity index (χ1v) is 7.52. The van der Waals surface area contributed by atoms with Gasteiger partial charge in [0.25, 0.3) is 0 Å². The molecule has 2 heterocycles. The highest BCUT2D eigenvalue weighted by molar-refractivity contribution is 8.00. The van der Waals surface area contributed by atoms with Crippen molar-refractivity contribution in [3.05, 3.63) is 0 Å². The van der Waals surface area contributed by atoms with E-state index in [-0.39, 0.29) is 12.0 Å². The highest BCUT2D eigenvalue weighted by Gasteiger charge is 2.37. The molecule has 0 amide bonds. The molecule has 0 bridgehead atoms. The van der Waals surface area contributed by atoms with Gasteiger partial charge >= 0.3 is 5.97 Å². The van der Waals surface area contributed by atoms with E-state index in [1.165, 1.54) is 6.42 Å². The fraction of sp³-hybridized carbons (Fsp3) is 0.917. The molecular formula is C12H22N2O2S. The molecule has 17 heavy (non-hydrogen) atoms. The zero-order valence-electron chi connectivity index (χ0n) is 10.6. The first-order valence-electron chi connectivity index (χ1n) is 6.47. The van der Waals surface area contributed by atoms with E-state index in [4.69, 9.17) is 4.74 Å². The van der Waals surface area contributed by atoms with Gasteiger partial charge in [-0.1, -0.05) is 6.92 Å². The Hall–Kier alpha value is -0.260. The second-order valence-corrected chi connectivity index (χ2v) is 6.21. The summed E-state index contributed by atoms with van der Waals surface area (Å²) in [6.45, 7) is 7.28. The van der Waals surface area contributed by atoms with Crippen molar-refractivity contribution in [3.63, 3.8) is 0 Å². The van der Waals surface area contributed by atoms with Crippen LogP contribution in [0.5, 0.6) is 0 Å². The van der Waals surface area contributed by atoms with E-state index in [9.17, 15) is 4.79 Å². The molecule has 98 valence electrons. The maximum absolute atomic E-state index is 11.9. The quantitative estimate of drug-likeness (QED) is 0.755. The predicted octanol–water partition coefficient (Wildman–Crippen LogP) is 0.717. The summed E-state index contributed by atoms with van der Waals surface area (Å²) in [6.07, 6.45) is 1.20. The summed E-state index contributed by atoms with van der Waals surface area (Å²) in [6, 6.07) is 0.464. The Morgan fingerprint density at radius 3 is 3.06 bits per heavy atom. The Labute approximate surface area is 107 Å². The van der Waals surface area contributed by atoms with Crippen LogP contribution < -0.4 is 5.32 Å². The molecule has 2 aliphatic rings. The summed E-state index contributed by atoms with van der Waals surface area (Å²) in [5.41, 5.74) is 0. The standard InChI is InChI=1S/C12H22N2O2S/c1-3-16-12(15)11-7-13-4-5-14(11)10-6-9(2)17-8-10/h9-11,13H,3-8H2,1-2H3. The van der Waals surface area contributed by atoms with Crippen LogP contribution in [0.15, 0.2) is 0 Å². The van der Waals surface area contributed by atoms with Gasteiger partial charge in [0.05, 0.1) is 6.61 Å². The molecule has 0 spiro atoms. The Morgan fingerprint density at radius 1 is 1.59 bits per heavy atom. The lowest BCUT2D eigenvalue weighted by molar-refractivity contribution is -0.151. The first kappa shape index (κ1) is 13.2. The SMILES string of the molecule is CCOC(=O)C1CNCCN1C1CSC(C)C1. The Balaban J connectivity index is 1.99. The third kappa shape index (κ3) is 3.14. The van der Waals surface area contributed by atoms with Crippen LogP contribution in [0, 0.1) is 0 Å². The second-order valence-electron chi connectivity index (χ2n) is 4.74. The summed E-state index contributed by atoms with van der Waals surface area (Å²) >= 11 is 2.01. The average molecular weight is 258 g/mol. The van der Waals surface area contributed by atoms with Gasteiger partial charge in [-0.2, -0.15) is 11.8 Å². The third-order valence-corrected chi connectivity index (χ3v) is 4.83. The summed E-state index contributed by atoms with van der Waals surface area (Å²) in [5, 5.41) is 4.01. The number of carbonyl (C=O) groups excluding carboxylic acids is 1. The number of esters is 1. The summed E-state index contributed by atoms with van der Waals surface area (Å²) in [5.74, 6) is 1.08. The van der Waals surface area contributed by atoms with E-state index in [2.05, 4.69) is 17.1 Å². The maximum Gasteiger partial charge on any atom is 0.324 e. The minimum Gasteiger partial charge on any atom is -0.465 e. The summed E-state index contributed by atoms with van der Waals surface area (Å²) < 4.78 is 5.17. The van der Waals surface area contributed by atoms with Gasteiger partial charge in [-0.15, -0.1) is 0 Å². The molecule has 5 heteroatoms. The van der Waals surface area contributed by atoms with Crippen LogP contribution in [-0.2, 0) is 9.53 Å². The van der Waals surface area contributed by atoms with Crippen LogP contribution in [0.25, 0.3) is 0 Å². The first-order chi connectivity index (χ1) is 8.22. The van der Waals surface area contributed by atoms with Crippen molar-refractivity contribution < 1.29 is 9.53 Å². The maximum atomic E-state index is 11.9. The van der Waals surface area contributed by atoms with E-state index in [0.717, 1.165) is 30.6 Å². The lowest BCUT2D eigenvalue weighted by Gasteiger charge is -2.38. The van der Waals surface area contributed by atoms with Crippen molar-refractivity contribution in [2.24, 2.45) is 0 Å². The van der Waals surface area contributed by atoms with Gasteiger partial charge in [-0.05, 0) is 13.3 Å². The number of piperazine rings is 1. The van der Waals surface area contributed by atoms with E-state index >= 15 is 0 Å². The minimum absolute atomic E-state index is 0.0655. The van der Waals surface area contributed by atoms with Crippen LogP contribution in [0.2, 0.25) is 0 Å². The van der Waals surface area contributed by atoms with Crippen molar-refractivity contribution in [1.29, 1.82) is 0 Å². The number of nitrogens with one attached hydrogen (secondary N) is 1. The summed E-state index contributed by atoms with van der Waals surface area (Å²) in [4.78, 5) is 14.3. The van der Waals surface area contributed by atoms with Crippen molar-refractivity contribution in [3.8, 4) is 0 Å². The van der Waals surface area contributed by atoms with Gasteiger partial charge < -0.3 is 10.1 Å². The number of hydrogen-bond acceptors (Lipinski definition) is 5. The van der Waals surface area contributed by atoms with Gasteiger partial charge in [0.15, 0.2) is 0 Å². The molecule has 0 aromatic carbocycles. The fourth-order valence-electron chi connectivity index (χ4n) is 2.64. The molecule has 3 unspecified atom stereocenters. The van der Waals surface area contributed by atoms with Crippen molar-refractivity contribution in [2.45, 2.75) is 37.6 Å². The Bertz CT molecular complexity index is 275. The molecule has 2 saturated heterocycles. The number of thioether (sulfide) groups is 1. The topological polar surface area (TPSA) is 41.6 Å². The molecule has 0 aliphatic carbocycles. The van der Waals surface area contributed by atoms with Crippen LogP contribution in [0.4, 0.5) is 0 Å². The monoisotopic (exact) mass is 258 g/mol. The van der Waals surface area contributed by atoms with Crippen molar-refractivity contribution in [1.82, 2.24) is 10.2 Å². The van der Waals surface area contributed by atoms with Crippen molar-refractivity contribution >= 4 is 17.7 Å². The van der Waals surface area contributed by atoms with Gasteiger partial charge in [0.2, 0.25) is 0 Å². The number of nitrogens with zero attached hydrogens (tertiary/aromatic N) is 1. The molecule has 0 aromatic rings. The van der Waals surface area contributed by atoms with Crippen LogP contribution in [0.3, 0.4) is 0 Å². The zero-order valence-corrected chi connectivity index (χ0v) is 11.5. The second kappa shape index (κ2) is 6.07. The Kier molecular flexibility index (Phi) is 4.70. The number of hydrogen-bond donors (Lipinski definition) is 1. The van der Waals surface area contributed by atoms with E-state index in [1.54, 1.807) is 0 Å². The van der Waals surface area contributed by atoms with Crippen LogP contribution in [0.1, 0.15) is 20.3 Å². The third-order valence-electron chi connectivity index (χ3n) is 3.49. The van der Waals surface area contributed by atoms with Gasteiger partial charge in [-0.25, -0.2) is 0 Å². The smallest absolute Gasteiger partial charge is 0.324 e. The molecule has 2 fully saturated rings. The number of ether oxygens (including phenoxy) is 1. The van der Waals surface area contributed by atoms with E-state index in [1.807, 2.05) is 18.7 Å². The molecule has 1 N–H and O–H groups in total. The highest BCUT2D eigenvalue weighted by atomic mass is 32.2. The average Bonchev–Trinajstić information content (AvgIpc) is 2.76. The minimum atomic E-state index is -0.0837. The number of rotatable bonds is 3. The highest BCUT2D eigenvalue weighted by Crippen LogP contribution is 2.30. The summed E-state index contributed by atoms with van der Waals surface area (Å²) in [7, 11) is 0. The van der Waals surface area contributed by atoms with Gasteiger partial charge in [0, 0.05) is 36.7 Å². The van der Waals surface area contributed by atoms with Gasteiger partial charge in [-0.3, -0.25) is 9.69 Å². The molecule has 2 rings (SSSR count). The van der Waals surface area contributed by atoms with E-state index in [0.29, 0.717) is 12.6 Å². The molecule has 4 nitrogen and oxygen atoms in total. The molecule has 0 radical (unpaired) electrons. The fourth-order valence-corrected chi connectivity index (χ4v) is 3.88. The normalized spacial score (nSPS) is 34.8. The predicted molar refractivity (Wildman–Crippen MR) is 70.3 cm³/mol. The molecule has 0 aromatic heterocycles. The zero-order chi connectivity index (χ0) is 12.3.